The van der Waals surface area contributed by atoms with Crippen LogP contribution in [0.3, 0.4) is 0 Å². The Kier molecular flexibility index (Phi) is 41.7. The number of aromatic nitrogens is 1. The minimum absolute atomic E-state index is 0.00292. The Morgan fingerprint density at radius 3 is 2.02 bits per heavy atom. The van der Waals surface area contributed by atoms with Gasteiger partial charge in [0.1, 0.15) is 5.78 Å². The lowest BCUT2D eigenvalue weighted by molar-refractivity contribution is -0.149. The monoisotopic (exact) mass is 1340 g/mol. The van der Waals surface area contributed by atoms with Crippen LogP contribution in [0.25, 0.3) is 0 Å². The van der Waals surface area contributed by atoms with Crippen LogP contribution >= 0.6 is 32.9 Å². The molecule has 1 aromatic heterocycles. The van der Waals surface area contributed by atoms with E-state index in [9.17, 15) is 28.8 Å². The predicted octanol–water partition coefficient (Wildman–Crippen LogP) is 8.46. The van der Waals surface area contributed by atoms with Crippen molar-refractivity contribution in [1.82, 2.24) is 30.3 Å². The molecule has 0 bridgehead atoms. The van der Waals surface area contributed by atoms with Crippen molar-refractivity contribution >= 4 is 68.1 Å². The molecule has 2 heterocycles. The van der Waals surface area contributed by atoms with Crippen molar-refractivity contribution in [2.75, 3.05) is 133 Å². The number of nitrogens with zero attached hydrogens (tertiary/aromatic N) is 4. The van der Waals surface area contributed by atoms with E-state index in [4.69, 9.17) is 39.1 Å². The summed E-state index contributed by atoms with van der Waals surface area (Å²) in [6.45, 7) is 24.8. The lowest BCUT2D eigenvalue weighted by Gasteiger charge is -2.41. The van der Waals surface area contributed by atoms with Crippen LogP contribution in [-0.2, 0) is 73.2 Å². The number of likely N-dealkylation sites (tertiary alicyclic amines) is 1. The van der Waals surface area contributed by atoms with Crippen molar-refractivity contribution in [2.45, 2.75) is 174 Å². The van der Waals surface area contributed by atoms with Crippen LogP contribution in [0, 0.1) is 29.6 Å². The van der Waals surface area contributed by atoms with Crippen LogP contribution < -0.4 is 16.5 Å². The second-order valence-corrected chi connectivity index (χ2v) is 29.2. The maximum atomic E-state index is 14.8. The van der Waals surface area contributed by atoms with Gasteiger partial charge in [-0.3, -0.25) is 33.7 Å². The summed E-state index contributed by atoms with van der Waals surface area (Å²) in [6, 6.07) is 8.98. The van der Waals surface area contributed by atoms with Crippen molar-refractivity contribution in [3.63, 3.8) is 0 Å². The molecule has 4 amide bonds. The normalized spacial score (nSPS) is 16.4. The Morgan fingerprint density at radius 1 is 0.769 bits per heavy atom. The number of unbranched alkanes of at least 4 members (excludes halogenated alkanes) is 1. The highest BCUT2D eigenvalue weighted by Gasteiger charge is 2.44. The van der Waals surface area contributed by atoms with Crippen LogP contribution in [0.4, 0.5) is 0 Å². The highest BCUT2D eigenvalue weighted by molar-refractivity contribution is 8.77. The Bertz CT molecular complexity index is 2330. The average Bonchev–Trinajstić information content (AvgIpc) is 1.87. The van der Waals surface area contributed by atoms with E-state index in [2.05, 4.69) is 46.4 Å². The van der Waals surface area contributed by atoms with Crippen LogP contribution in [0.1, 0.15) is 143 Å². The SMILES string of the molecule is CC[C@H](C)[C@@H]([C@@H](CC(=O)N1CCC[C@H]1[C@H](OC)[C@@H](C)C(=O)C[C@@H](Cc1ccccc1)c1nccs1)OC)N(C)C(=O)[C@@H](CC(=O)[C@H](C(C)C)N(C)CCOCCOCCOCCCCOCCC(=O)NCCSSC(C)(C)CC(=O)NCCOCCON)C(C)C. The molecule has 24 heteroatoms. The van der Waals surface area contributed by atoms with Crippen LogP contribution in [0.5, 0.6) is 0 Å². The van der Waals surface area contributed by atoms with Gasteiger partial charge in [-0.25, -0.2) is 10.9 Å². The Balaban J connectivity index is 1.36. The summed E-state index contributed by atoms with van der Waals surface area (Å²) >= 11 is 1.56. The fourth-order valence-electron chi connectivity index (χ4n) is 11.7. The van der Waals surface area contributed by atoms with E-state index in [1.165, 1.54) is 0 Å². The number of nitrogens with two attached hydrogens (primary N) is 1. The first-order valence-electron chi connectivity index (χ1n) is 33.0. The molecule has 3 rings (SSSR count). The molecule has 4 N–H and O–H groups in total. The predicted molar refractivity (Wildman–Crippen MR) is 363 cm³/mol. The number of hydrogen-bond donors (Lipinski definition) is 3. The van der Waals surface area contributed by atoms with Crippen molar-refractivity contribution in [2.24, 2.45) is 35.5 Å². The molecule has 21 nitrogen and oxygen atoms in total. The molecule has 0 aliphatic carbocycles. The molecule has 1 aliphatic rings. The van der Waals surface area contributed by atoms with Gasteiger partial charge >= 0.3 is 0 Å². The third-order valence-electron chi connectivity index (χ3n) is 16.8. The molecular weight excluding hydrogens is 1220 g/mol. The number of carbonyl (C=O) groups is 6. The second-order valence-electron chi connectivity index (χ2n) is 25.1. The first-order valence-corrected chi connectivity index (χ1v) is 36.2. The van der Waals surface area contributed by atoms with E-state index in [0.29, 0.717) is 131 Å². The summed E-state index contributed by atoms with van der Waals surface area (Å²) in [6.07, 6.45) is 6.30. The first-order chi connectivity index (χ1) is 43.6. The number of rotatable bonds is 53. The number of likely N-dealkylation sites (N-methyl/N-ethyl adjacent to an activating group) is 2. The summed E-state index contributed by atoms with van der Waals surface area (Å²) in [4.78, 5) is 97.2. The molecule has 2 aromatic rings. The van der Waals surface area contributed by atoms with E-state index < -0.39 is 36.1 Å². The Morgan fingerprint density at radius 2 is 1.41 bits per heavy atom. The average molecular weight is 1340 g/mol. The molecule has 0 saturated carbocycles. The molecule has 1 saturated heterocycles. The zero-order chi connectivity index (χ0) is 67.1. The molecule has 0 radical (unpaired) electrons. The number of Topliss-reactive ketones (excluding diaryl/α,β-unsaturated/α-hetero) is 2. The second kappa shape index (κ2) is 46.5. The largest absolute Gasteiger partial charge is 0.381 e. The van der Waals surface area contributed by atoms with Gasteiger partial charge in [-0.15, -0.1) is 11.3 Å². The van der Waals surface area contributed by atoms with Crippen molar-refractivity contribution in [3.05, 3.63) is 52.5 Å². The molecule has 91 heavy (non-hydrogen) atoms. The van der Waals surface area contributed by atoms with E-state index >= 15 is 0 Å². The van der Waals surface area contributed by atoms with E-state index in [-0.39, 0.29) is 82.5 Å². The summed E-state index contributed by atoms with van der Waals surface area (Å²) in [5.74, 6) is 4.09. The smallest absolute Gasteiger partial charge is 0.226 e. The van der Waals surface area contributed by atoms with Gasteiger partial charge in [-0.05, 0) is 76.3 Å². The first kappa shape index (κ1) is 81.6. The van der Waals surface area contributed by atoms with Crippen LogP contribution in [0.15, 0.2) is 41.9 Å². The summed E-state index contributed by atoms with van der Waals surface area (Å²) in [5, 5.41) is 8.65. The highest BCUT2D eigenvalue weighted by atomic mass is 33.1. The number of carbonyl (C=O) groups excluding carboxylic acids is 6. The van der Waals surface area contributed by atoms with Gasteiger partial charge in [0.15, 0.2) is 5.78 Å². The minimum Gasteiger partial charge on any atom is -0.381 e. The molecule has 0 unspecified atom stereocenters. The zero-order valence-electron chi connectivity index (χ0n) is 57.3. The lowest BCUT2D eigenvalue weighted by Crippen LogP contribution is -2.54. The molecule has 9 atom stereocenters. The number of ketones is 2. The van der Waals surface area contributed by atoms with Gasteiger partial charge in [-0.1, -0.05) is 107 Å². The van der Waals surface area contributed by atoms with Crippen molar-refractivity contribution in [3.8, 4) is 0 Å². The number of hydrogen-bond acceptors (Lipinski definition) is 20. The maximum Gasteiger partial charge on any atom is 0.226 e. The number of benzene rings is 1. The number of amides is 4. The Labute approximate surface area is 557 Å². The standard InChI is InChI=1S/C67H115N7O14S3/c1-14-50(6)63(58(81-12)46-61(79)74-28-20-23-55(74)64(82-13)51(7)56(75)44-53(65-71-26-41-89-65)43-52-21-16-15-17-22-52)73(11)66(80)54(48(2)3)45-57(76)62(49(4)5)72(10)29-34-86-36-38-87-37-35-84-31-19-18-30-83-32-24-59(77)70-27-42-90-91-67(8,9)47-60(78)69-25-33-85-39-40-88-68/h15-17,21-22,26,41,48-51,53-55,58,62-64H,14,18-20,23-25,27-40,42-47,68H2,1-13H3,(H,69,78)(H,70,77)/t50-,51-,53+,54-,55-,58+,62-,63-,64+/m0/s1. The molecular formula is C67H115N7O14S3. The van der Waals surface area contributed by atoms with E-state index in [1.807, 2.05) is 88.9 Å². The van der Waals surface area contributed by atoms with Gasteiger partial charge in [0.2, 0.25) is 23.6 Å². The summed E-state index contributed by atoms with van der Waals surface area (Å²) in [5.41, 5.74) is 1.14. The van der Waals surface area contributed by atoms with Gasteiger partial charge in [0, 0.05) is 126 Å². The van der Waals surface area contributed by atoms with Gasteiger partial charge < -0.3 is 58.4 Å². The molecule has 0 spiro atoms. The zero-order valence-corrected chi connectivity index (χ0v) is 59.7. The Hall–Kier alpha value is -3.63. The summed E-state index contributed by atoms with van der Waals surface area (Å²) < 4.78 is 40.4. The van der Waals surface area contributed by atoms with Gasteiger partial charge in [-0.2, -0.15) is 0 Å². The van der Waals surface area contributed by atoms with Gasteiger partial charge in [0.25, 0.3) is 0 Å². The van der Waals surface area contributed by atoms with Gasteiger partial charge in [0.05, 0.1) is 101 Å². The van der Waals surface area contributed by atoms with Crippen molar-refractivity contribution < 1.29 is 66.8 Å². The van der Waals surface area contributed by atoms with Crippen LogP contribution in [-0.4, -0.2) is 223 Å². The van der Waals surface area contributed by atoms with Crippen molar-refractivity contribution in [1.29, 1.82) is 0 Å². The minimum atomic E-state index is -0.627. The van der Waals surface area contributed by atoms with E-state index in [1.54, 1.807) is 65.3 Å². The van der Waals surface area contributed by atoms with Crippen LogP contribution in [0.2, 0.25) is 0 Å². The summed E-state index contributed by atoms with van der Waals surface area (Å²) in [7, 11) is 10.2. The highest BCUT2D eigenvalue weighted by Crippen LogP contribution is 2.38. The fraction of sp³-hybridized carbons (Fsp3) is 0.776. The molecule has 1 aliphatic heterocycles. The number of methoxy groups -OCH3 is 2. The quantitative estimate of drug-likeness (QED) is 0.0319. The number of nitrogens with one attached hydrogen (secondary N) is 2. The number of ether oxygens (including phenoxy) is 7. The lowest BCUT2D eigenvalue weighted by atomic mass is 9.83. The topological polar surface area (TPSA) is 249 Å². The molecule has 1 fully saturated rings. The number of thiazole rings is 1. The molecule has 1 aromatic carbocycles. The fourth-order valence-corrected chi connectivity index (χ4v) is 14.9. The molecule has 520 valence electrons. The maximum absolute atomic E-state index is 14.8. The third-order valence-corrected chi connectivity index (χ3v) is 21.1. The third kappa shape index (κ3) is 31.2. The van der Waals surface area contributed by atoms with E-state index in [0.717, 1.165) is 42.0 Å².